The maximum Gasteiger partial charge on any atom is 0.255 e. The lowest BCUT2D eigenvalue weighted by Crippen LogP contribution is -2.38. The van der Waals surface area contributed by atoms with Crippen molar-refractivity contribution in [1.29, 1.82) is 0 Å². The molecule has 1 atom stereocenters. The summed E-state index contributed by atoms with van der Waals surface area (Å²) in [4.78, 5) is 16.0. The number of nitrogens with one attached hydrogen (secondary N) is 2. The van der Waals surface area contributed by atoms with Crippen LogP contribution < -0.4 is 16.6 Å². The molecule has 1 aromatic rings. The van der Waals surface area contributed by atoms with E-state index in [-0.39, 0.29) is 11.9 Å². The van der Waals surface area contributed by atoms with E-state index in [2.05, 4.69) is 15.7 Å². The van der Waals surface area contributed by atoms with E-state index >= 15 is 0 Å². The van der Waals surface area contributed by atoms with E-state index in [4.69, 9.17) is 5.84 Å². The van der Waals surface area contributed by atoms with Crippen LogP contribution in [0.25, 0.3) is 0 Å². The maximum absolute atomic E-state index is 12.0. The van der Waals surface area contributed by atoms with Gasteiger partial charge in [-0.05, 0) is 24.7 Å². The molecule has 0 bridgehead atoms. The van der Waals surface area contributed by atoms with E-state index in [0.29, 0.717) is 11.3 Å². The Labute approximate surface area is 105 Å². The highest BCUT2D eigenvalue weighted by Crippen LogP contribution is 2.18. The minimum absolute atomic E-state index is 0.112. The minimum Gasteiger partial charge on any atom is -0.348 e. The molecular formula is C11H16N4OS. The molecular weight excluding hydrogens is 236 g/mol. The molecule has 17 heavy (non-hydrogen) atoms. The van der Waals surface area contributed by atoms with E-state index < -0.39 is 0 Å². The monoisotopic (exact) mass is 252 g/mol. The van der Waals surface area contributed by atoms with Gasteiger partial charge in [-0.15, -0.1) is 0 Å². The fourth-order valence-electron chi connectivity index (χ4n) is 1.82. The molecule has 0 saturated carbocycles. The predicted molar refractivity (Wildman–Crippen MR) is 69.9 cm³/mol. The quantitative estimate of drug-likeness (QED) is 0.552. The van der Waals surface area contributed by atoms with Crippen molar-refractivity contribution in [3.8, 4) is 0 Å². The summed E-state index contributed by atoms with van der Waals surface area (Å²) in [6.07, 6.45) is 5.33. The number of pyridine rings is 1. The number of hydrazine groups is 1. The molecule has 0 radical (unpaired) electrons. The highest BCUT2D eigenvalue weighted by atomic mass is 32.2. The molecule has 92 valence electrons. The number of nitrogen functional groups attached to an aromatic ring is 1. The van der Waals surface area contributed by atoms with Crippen LogP contribution in [0.2, 0.25) is 0 Å². The first kappa shape index (κ1) is 12.2. The fourth-order valence-corrected chi connectivity index (χ4v) is 2.89. The SMILES string of the molecule is NNc1ccncc1C(=O)NC1CCCSC1. The highest BCUT2D eigenvalue weighted by Gasteiger charge is 2.18. The van der Waals surface area contributed by atoms with Crippen LogP contribution >= 0.6 is 11.8 Å². The molecule has 1 amide bonds. The maximum atomic E-state index is 12.0. The number of nitrogens with two attached hydrogens (primary N) is 1. The van der Waals surface area contributed by atoms with Crippen molar-refractivity contribution in [2.45, 2.75) is 18.9 Å². The average Bonchev–Trinajstić information content (AvgIpc) is 2.40. The number of amides is 1. The van der Waals surface area contributed by atoms with Gasteiger partial charge in [0.25, 0.3) is 5.91 Å². The van der Waals surface area contributed by atoms with Gasteiger partial charge in [0, 0.05) is 24.2 Å². The van der Waals surface area contributed by atoms with E-state index in [1.165, 1.54) is 11.9 Å². The highest BCUT2D eigenvalue weighted by molar-refractivity contribution is 7.99. The van der Waals surface area contributed by atoms with Gasteiger partial charge in [-0.2, -0.15) is 11.8 Å². The third-order valence-corrected chi connectivity index (χ3v) is 3.93. The number of aromatic nitrogens is 1. The molecule has 6 heteroatoms. The number of carbonyl (C=O) groups excluding carboxylic acids is 1. The summed E-state index contributed by atoms with van der Waals surface area (Å²) in [7, 11) is 0. The summed E-state index contributed by atoms with van der Waals surface area (Å²) in [5.74, 6) is 7.42. The second-order valence-electron chi connectivity index (χ2n) is 3.95. The van der Waals surface area contributed by atoms with Crippen molar-refractivity contribution in [2.75, 3.05) is 16.9 Å². The number of carbonyl (C=O) groups is 1. The summed E-state index contributed by atoms with van der Waals surface area (Å²) in [5, 5.41) is 3.01. The lowest BCUT2D eigenvalue weighted by atomic mass is 10.1. The molecule has 4 N–H and O–H groups in total. The molecule has 2 heterocycles. The third kappa shape index (κ3) is 3.10. The van der Waals surface area contributed by atoms with Crippen LogP contribution in [0, 0.1) is 0 Å². The van der Waals surface area contributed by atoms with Gasteiger partial charge in [0.2, 0.25) is 0 Å². The predicted octanol–water partition coefficient (Wildman–Crippen LogP) is 0.993. The standard InChI is InChI=1S/C11H16N4OS/c12-15-10-3-4-13-6-9(10)11(16)14-8-2-1-5-17-7-8/h3-4,6,8H,1-2,5,7,12H2,(H,13,15)(H,14,16). The smallest absolute Gasteiger partial charge is 0.255 e. The number of rotatable bonds is 3. The molecule has 0 spiro atoms. The van der Waals surface area contributed by atoms with Gasteiger partial charge in [-0.3, -0.25) is 15.6 Å². The van der Waals surface area contributed by atoms with Gasteiger partial charge in [-0.25, -0.2) is 0 Å². The van der Waals surface area contributed by atoms with Crippen LogP contribution in [0.3, 0.4) is 0 Å². The van der Waals surface area contributed by atoms with Crippen molar-refractivity contribution in [3.63, 3.8) is 0 Å². The van der Waals surface area contributed by atoms with Crippen LogP contribution in [0.4, 0.5) is 5.69 Å². The molecule has 0 aromatic carbocycles. The topological polar surface area (TPSA) is 80.0 Å². The van der Waals surface area contributed by atoms with Gasteiger partial charge < -0.3 is 10.7 Å². The van der Waals surface area contributed by atoms with Gasteiger partial charge in [0.15, 0.2) is 0 Å². The summed E-state index contributed by atoms with van der Waals surface area (Å²) >= 11 is 1.88. The molecule has 5 nitrogen and oxygen atoms in total. The molecule has 1 aliphatic rings. The van der Waals surface area contributed by atoms with Crippen molar-refractivity contribution < 1.29 is 4.79 Å². The molecule has 1 fully saturated rings. The van der Waals surface area contributed by atoms with Gasteiger partial charge in [-0.1, -0.05) is 0 Å². The second kappa shape index (κ2) is 5.88. The summed E-state index contributed by atoms with van der Waals surface area (Å²) in [6, 6.07) is 1.94. The number of anilines is 1. The Morgan fingerprint density at radius 3 is 3.18 bits per heavy atom. The summed E-state index contributed by atoms with van der Waals surface area (Å²) in [5.41, 5.74) is 3.60. The second-order valence-corrected chi connectivity index (χ2v) is 5.10. The first-order chi connectivity index (χ1) is 8.31. The normalized spacial score (nSPS) is 19.7. The molecule has 1 aromatic heterocycles. The third-order valence-electron chi connectivity index (χ3n) is 2.72. The molecule has 2 rings (SSSR count). The van der Waals surface area contributed by atoms with Crippen LogP contribution in [0.5, 0.6) is 0 Å². The lowest BCUT2D eigenvalue weighted by Gasteiger charge is -2.22. The molecule has 1 unspecified atom stereocenters. The first-order valence-electron chi connectivity index (χ1n) is 5.60. The first-order valence-corrected chi connectivity index (χ1v) is 6.76. The minimum atomic E-state index is -0.112. The molecule has 1 saturated heterocycles. The largest absolute Gasteiger partial charge is 0.348 e. The Kier molecular flexibility index (Phi) is 4.22. The van der Waals surface area contributed by atoms with Crippen molar-refractivity contribution in [2.24, 2.45) is 5.84 Å². The Hall–Kier alpha value is -1.27. The Balaban J connectivity index is 2.03. The van der Waals surface area contributed by atoms with E-state index in [1.807, 2.05) is 11.8 Å². The zero-order valence-corrected chi connectivity index (χ0v) is 10.3. The summed E-state index contributed by atoms with van der Waals surface area (Å²) in [6.45, 7) is 0. The average molecular weight is 252 g/mol. The zero-order chi connectivity index (χ0) is 12.1. The number of hydrogen-bond acceptors (Lipinski definition) is 5. The van der Waals surface area contributed by atoms with Crippen LogP contribution in [-0.2, 0) is 0 Å². The molecule has 1 aliphatic heterocycles. The van der Waals surface area contributed by atoms with Crippen LogP contribution in [0.15, 0.2) is 18.5 Å². The Morgan fingerprint density at radius 2 is 2.47 bits per heavy atom. The summed E-state index contributed by atoms with van der Waals surface area (Å²) < 4.78 is 0. The van der Waals surface area contributed by atoms with Gasteiger partial charge in [0.1, 0.15) is 0 Å². The number of hydrogen-bond donors (Lipinski definition) is 3. The van der Waals surface area contributed by atoms with Crippen molar-refractivity contribution in [1.82, 2.24) is 10.3 Å². The fraction of sp³-hybridized carbons (Fsp3) is 0.455. The molecule has 0 aliphatic carbocycles. The van der Waals surface area contributed by atoms with E-state index in [0.717, 1.165) is 18.6 Å². The Morgan fingerprint density at radius 1 is 1.59 bits per heavy atom. The lowest BCUT2D eigenvalue weighted by molar-refractivity contribution is 0.0939. The van der Waals surface area contributed by atoms with E-state index in [1.54, 1.807) is 12.3 Å². The number of thioether (sulfide) groups is 1. The Bertz CT molecular complexity index is 393. The number of nitrogens with zero attached hydrogens (tertiary/aromatic N) is 1. The van der Waals surface area contributed by atoms with Crippen molar-refractivity contribution in [3.05, 3.63) is 24.0 Å². The van der Waals surface area contributed by atoms with Crippen LogP contribution in [0.1, 0.15) is 23.2 Å². The van der Waals surface area contributed by atoms with Crippen LogP contribution in [-0.4, -0.2) is 28.4 Å². The van der Waals surface area contributed by atoms with Gasteiger partial charge in [0.05, 0.1) is 11.3 Å². The zero-order valence-electron chi connectivity index (χ0n) is 9.48. The van der Waals surface area contributed by atoms with Crippen molar-refractivity contribution >= 4 is 23.4 Å². The van der Waals surface area contributed by atoms with E-state index in [9.17, 15) is 4.79 Å². The van der Waals surface area contributed by atoms with Gasteiger partial charge >= 0.3 is 0 Å².